The van der Waals surface area contributed by atoms with E-state index >= 15 is 0 Å². The smallest absolute Gasteiger partial charge is 0.416 e. The predicted octanol–water partition coefficient (Wildman–Crippen LogP) is 1.92. The van der Waals surface area contributed by atoms with Gasteiger partial charge < -0.3 is 23.8 Å². The van der Waals surface area contributed by atoms with Crippen LogP contribution in [-0.2, 0) is 9.47 Å². The molecule has 1 atom stereocenters. The molecule has 1 aromatic heterocycles. The van der Waals surface area contributed by atoms with Crippen molar-refractivity contribution in [1.82, 2.24) is 15.0 Å². The first-order valence-corrected chi connectivity index (χ1v) is 10.3. The van der Waals surface area contributed by atoms with Gasteiger partial charge in [0.05, 0.1) is 31.2 Å². The lowest BCUT2D eigenvalue weighted by Crippen LogP contribution is -2.49. The van der Waals surface area contributed by atoms with Crippen molar-refractivity contribution in [1.29, 1.82) is 0 Å². The molecule has 1 aromatic carbocycles. The van der Waals surface area contributed by atoms with Crippen molar-refractivity contribution in [2.45, 2.75) is 6.23 Å². The molecule has 0 radical (unpaired) electrons. The molecule has 170 valence electrons. The number of nitrogens with zero attached hydrogens (tertiary/aromatic N) is 5. The van der Waals surface area contributed by atoms with E-state index in [1.54, 1.807) is 24.1 Å². The van der Waals surface area contributed by atoms with Crippen LogP contribution in [0.2, 0.25) is 0 Å². The topological polar surface area (TPSA) is 91.6 Å². The molecule has 2 aromatic rings. The minimum Gasteiger partial charge on any atom is -0.474 e. The van der Waals surface area contributed by atoms with E-state index in [4.69, 9.17) is 26.2 Å². The number of thiocarbonyl (C=S) groups is 1. The zero-order chi connectivity index (χ0) is 22.8. The fourth-order valence-corrected chi connectivity index (χ4v) is 3.79. The quantitative estimate of drug-likeness (QED) is 0.631. The maximum atomic E-state index is 15.0. The molecule has 2 aliphatic heterocycles. The van der Waals surface area contributed by atoms with Crippen LogP contribution in [0.1, 0.15) is 10.6 Å². The summed E-state index contributed by atoms with van der Waals surface area (Å²) >= 11 is 5.06. The van der Waals surface area contributed by atoms with Gasteiger partial charge in [0.2, 0.25) is 5.76 Å². The third-order valence-corrected chi connectivity index (χ3v) is 5.94. The number of amides is 2. The SMILES string of the molecule is COC(=S)N(C)[C@@H]1CN(c2ccc(N3CCN(C(=O)c4ccno4)CC3)c(F)c2)C(=O)O1. The van der Waals surface area contributed by atoms with E-state index in [2.05, 4.69) is 5.16 Å². The van der Waals surface area contributed by atoms with Crippen molar-refractivity contribution >= 4 is 40.8 Å². The van der Waals surface area contributed by atoms with Crippen LogP contribution >= 0.6 is 12.2 Å². The Bertz CT molecular complexity index is 1010. The number of methoxy groups -OCH3 is 1. The summed E-state index contributed by atoms with van der Waals surface area (Å²) in [6, 6.07) is 6.12. The highest BCUT2D eigenvalue weighted by Crippen LogP contribution is 2.29. The van der Waals surface area contributed by atoms with Crippen LogP contribution in [0.5, 0.6) is 0 Å². The second-order valence-corrected chi connectivity index (χ2v) is 7.67. The number of likely N-dealkylation sites (N-methyl/N-ethyl adjacent to an activating group) is 1. The lowest BCUT2D eigenvalue weighted by molar-refractivity contribution is 0.0677. The van der Waals surface area contributed by atoms with Gasteiger partial charge >= 0.3 is 6.09 Å². The fraction of sp³-hybridized carbons (Fsp3) is 0.400. The molecule has 0 bridgehead atoms. The number of ether oxygens (including phenoxy) is 2. The molecule has 2 aliphatic rings. The second-order valence-electron chi connectivity index (χ2n) is 7.32. The van der Waals surface area contributed by atoms with Crippen LogP contribution in [0.3, 0.4) is 0 Å². The number of halogens is 1. The maximum absolute atomic E-state index is 15.0. The zero-order valence-electron chi connectivity index (χ0n) is 17.6. The van der Waals surface area contributed by atoms with Crippen molar-refractivity contribution in [3.05, 3.63) is 42.0 Å². The Morgan fingerprint density at radius 2 is 2.03 bits per heavy atom. The van der Waals surface area contributed by atoms with Crippen molar-refractivity contribution in [2.24, 2.45) is 0 Å². The van der Waals surface area contributed by atoms with Crippen molar-refractivity contribution in [3.63, 3.8) is 0 Å². The fourth-order valence-electron chi connectivity index (χ4n) is 3.67. The Morgan fingerprint density at radius 1 is 1.28 bits per heavy atom. The molecular formula is C20H22FN5O5S. The van der Waals surface area contributed by atoms with Gasteiger partial charge in [-0.2, -0.15) is 0 Å². The Kier molecular flexibility index (Phi) is 6.12. The molecule has 4 rings (SSSR count). The highest BCUT2D eigenvalue weighted by molar-refractivity contribution is 7.80. The van der Waals surface area contributed by atoms with Crippen LogP contribution in [-0.4, -0.2) is 85.2 Å². The van der Waals surface area contributed by atoms with Gasteiger partial charge in [0.15, 0.2) is 6.23 Å². The molecule has 2 fully saturated rings. The van der Waals surface area contributed by atoms with Crippen molar-refractivity contribution < 1.29 is 28.0 Å². The number of benzene rings is 1. The van der Waals surface area contributed by atoms with Crippen LogP contribution < -0.4 is 9.80 Å². The number of anilines is 2. The van der Waals surface area contributed by atoms with E-state index < -0.39 is 18.1 Å². The van der Waals surface area contributed by atoms with Crippen LogP contribution in [0.4, 0.5) is 20.6 Å². The monoisotopic (exact) mass is 463 g/mol. The molecule has 12 heteroatoms. The van der Waals surface area contributed by atoms with Crippen LogP contribution in [0.15, 0.2) is 35.0 Å². The first kappa shape index (κ1) is 21.8. The lowest BCUT2D eigenvalue weighted by atomic mass is 10.2. The molecule has 0 spiro atoms. The minimum atomic E-state index is -0.632. The van der Waals surface area contributed by atoms with Gasteiger partial charge in [-0.3, -0.25) is 14.6 Å². The largest absolute Gasteiger partial charge is 0.474 e. The molecule has 0 saturated carbocycles. The molecule has 2 saturated heterocycles. The van der Waals surface area contributed by atoms with Crippen molar-refractivity contribution in [2.75, 3.05) is 56.7 Å². The summed E-state index contributed by atoms with van der Waals surface area (Å²) in [5, 5.41) is 3.74. The van der Waals surface area contributed by atoms with Gasteiger partial charge in [-0.05, 0) is 30.4 Å². The zero-order valence-corrected chi connectivity index (χ0v) is 18.4. The summed E-state index contributed by atoms with van der Waals surface area (Å²) in [4.78, 5) is 31.0. The average Bonchev–Trinajstić information content (AvgIpc) is 3.48. The van der Waals surface area contributed by atoms with Crippen LogP contribution in [0, 0.1) is 5.82 Å². The number of cyclic esters (lactones) is 1. The standard InChI is InChI=1S/C20H22FN5O5S/c1-23(20(32)29-2)17-12-26(19(28)30-17)13-3-4-15(14(21)11-13)24-7-9-25(10-8-24)18(27)16-5-6-22-31-16/h3-6,11,17H,7-10,12H2,1-2H3/t17-/m0/s1. The Balaban J connectivity index is 1.40. The number of hydrogen-bond acceptors (Lipinski definition) is 8. The van der Waals surface area contributed by atoms with E-state index in [1.165, 1.54) is 35.2 Å². The number of carbonyl (C=O) groups excluding carboxylic acids is 2. The summed E-state index contributed by atoms with van der Waals surface area (Å²) in [5.41, 5.74) is 0.789. The molecule has 3 heterocycles. The minimum absolute atomic E-state index is 0.181. The summed E-state index contributed by atoms with van der Waals surface area (Å²) in [7, 11) is 3.09. The Hall–Kier alpha value is -3.41. The van der Waals surface area contributed by atoms with Gasteiger partial charge in [0.1, 0.15) is 5.82 Å². The van der Waals surface area contributed by atoms with Crippen LogP contribution in [0.25, 0.3) is 0 Å². The molecule has 0 unspecified atom stereocenters. The Labute approximate surface area is 189 Å². The second kappa shape index (κ2) is 8.99. The third-order valence-electron chi connectivity index (χ3n) is 5.49. The first-order valence-electron chi connectivity index (χ1n) is 9.92. The van der Waals surface area contributed by atoms with Gasteiger partial charge in [-0.1, -0.05) is 5.16 Å². The first-order chi connectivity index (χ1) is 15.4. The van der Waals surface area contributed by atoms with Crippen molar-refractivity contribution in [3.8, 4) is 0 Å². The number of carbonyl (C=O) groups is 2. The summed E-state index contributed by atoms with van der Waals surface area (Å²) in [5.74, 6) is -0.519. The van der Waals surface area contributed by atoms with E-state index in [-0.39, 0.29) is 23.4 Å². The number of aromatic nitrogens is 1. The highest BCUT2D eigenvalue weighted by atomic mass is 32.1. The summed E-state index contributed by atoms with van der Waals surface area (Å²) in [6.45, 7) is 1.95. The molecular weight excluding hydrogens is 441 g/mol. The molecule has 10 nitrogen and oxygen atoms in total. The van der Waals surface area contributed by atoms with Gasteiger partial charge in [-0.15, -0.1) is 0 Å². The van der Waals surface area contributed by atoms with Gasteiger partial charge in [-0.25, -0.2) is 9.18 Å². The summed E-state index contributed by atoms with van der Waals surface area (Å²) < 4.78 is 30.2. The predicted molar refractivity (Wildman–Crippen MR) is 116 cm³/mol. The Morgan fingerprint density at radius 3 is 2.66 bits per heavy atom. The number of rotatable bonds is 4. The van der Waals surface area contributed by atoms with E-state index in [0.29, 0.717) is 37.6 Å². The maximum Gasteiger partial charge on any atom is 0.416 e. The molecule has 2 amide bonds. The number of hydrogen-bond donors (Lipinski definition) is 0. The lowest BCUT2D eigenvalue weighted by Gasteiger charge is -2.35. The molecule has 32 heavy (non-hydrogen) atoms. The van der Waals surface area contributed by atoms with E-state index in [9.17, 15) is 14.0 Å². The van der Waals surface area contributed by atoms with Gasteiger partial charge in [0.25, 0.3) is 11.1 Å². The summed E-state index contributed by atoms with van der Waals surface area (Å²) in [6.07, 6.45) is 0.197. The molecule has 0 aliphatic carbocycles. The average molecular weight is 463 g/mol. The normalized spacial score (nSPS) is 18.5. The molecule has 0 N–H and O–H groups in total. The highest BCUT2D eigenvalue weighted by Gasteiger charge is 2.36. The number of piperazine rings is 1. The van der Waals surface area contributed by atoms with Gasteiger partial charge in [0, 0.05) is 39.3 Å². The van der Waals surface area contributed by atoms with E-state index in [0.717, 1.165) is 0 Å². The van der Waals surface area contributed by atoms with E-state index in [1.807, 2.05) is 4.90 Å². The third kappa shape index (κ3) is 4.17.